The molecular formula is C14H24INO4. The highest BCUT2D eigenvalue weighted by Crippen LogP contribution is 2.32. The van der Waals surface area contributed by atoms with Gasteiger partial charge in [-0.1, -0.05) is 41.9 Å². The third-order valence-corrected chi connectivity index (χ3v) is 5.09. The largest absolute Gasteiger partial charge is 0.480 e. The summed E-state index contributed by atoms with van der Waals surface area (Å²) < 4.78 is 5.03. The number of aliphatic carboxylic acids is 1. The summed E-state index contributed by atoms with van der Waals surface area (Å²) in [6.45, 7) is 5.26. The van der Waals surface area contributed by atoms with Crippen molar-refractivity contribution in [2.24, 2.45) is 5.92 Å². The minimum Gasteiger partial charge on any atom is -0.480 e. The van der Waals surface area contributed by atoms with Crippen LogP contribution in [0.15, 0.2) is 0 Å². The minimum atomic E-state index is -0.999. The highest BCUT2D eigenvalue weighted by Gasteiger charge is 2.35. The number of carboxylic acid groups (broad SMARTS) is 1. The molecule has 0 bridgehead atoms. The van der Waals surface area contributed by atoms with E-state index in [1.54, 1.807) is 20.8 Å². The van der Waals surface area contributed by atoms with Gasteiger partial charge in [0.1, 0.15) is 11.6 Å². The fourth-order valence-corrected chi connectivity index (χ4v) is 3.64. The Morgan fingerprint density at radius 1 is 1.25 bits per heavy atom. The van der Waals surface area contributed by atoms with Gasteiger partial charge in [0.15, 0.2) is 0 Å². The lowest BCUT2D eigenvalue weighted by Gasteiger charge is -2.31. The lowest BCUT2D eigenvalue weighted by atomic mass is 9.85. The van der Waals surface area contributed by atoms with Crippen LogP contribution in [0.1, 0.15) is 52.9 Å². The van der Waals surface area contributed by atoms with Gasteiger partial charge in [0, 0.05) is 3.92 Å². The number of halogens is 1. The number of hydrogen-bond donors (Lipinski definition) is 2. The summed E-state index contributed by atoms with van der Waals surface area (Å²) in [4.78, 5) is 23.2. The second-order valence-electron chi connectivity index (χ2n) is 6.30. The molecule has 2 N–H and O–H groups in total. The second-order valence-corrected chi connectivity index (χ2v) is 7.74. The molecule has 1 aliphatic carbocycles. The Morgan fingerprint density at radius 2 is 1.80 bits per heavy atom. The number of rotatable bonds is 4. The van der Waals surface area contributed by atoms with E-state index >= 15 is 0 Å². The van der Waals surface area contributed by atoms with Crippen molar-refractivity contribution < 1.29 is 19.4 Å². The molecule has 0 aromatic carbocycles. The first kappa shape index (κ1) is 17.5. The van der Waals surface area contributed by atoms with Crippen LogP contribution in [0.2, 0.25) is 0 Å². The molecule has 116 valence electrons. The van der Waals surface area contributed by atoms with Crippen LogP contribution >= 0.6 is 22.6 Å². The van der Waals surface area contributed by atoms with Crippen LogP contribution < -0.4 is 5.32 Å². The zero-order valence-corrected chi connectivity index (χ0v) is 14.5. The second kappa shape index (κ2) is 7.47. The number of amides is 1. The van der Waals surface area contributed by atoms with Crippen LogP contribution in [-0.2, 0) is 9.53 Å². The molecule has 1 amide bonds. The Morgan fingerprint density at radius 3 is 2.25 bits per heavy atom. The smallest absolute Gasteiger partial charge is 0.408 e. The van der Waals surface area contributed by atoms with Crippen LogP contribution in [-0.4, -0.2) is 32.7 Å². The molecule has 1 saturated carbocycles. The summed E-state index contributed by atoms with van der Waals surface area (Å²) in [5.74, 6) is -0.652. The maximum absolute atomic E-state index is 11.8. The summed E-state index contributed by atoms with van der Waals surface area (Å²) in [5.41, 5.74) is -0.626. The van der Waals surface area contributed by atoms with Crippen molar-refractivity contribution in [1.82, 2.24) is 5.32 Å². The molecule has 0 saturated heterocycles. The maximum Gasteiger partial charge on any atom is 0.408 e. The monoisotopic (exact) mass is 397 g/mol. The van der Waals surface area contributed by atoms with Crippen LogP contribution in [0.3, 0.4) is 0 Å². The van der Waals surface area contributed by atoms with E-state index in [2.05, 4.69) is 27.9 Å². The standard InChI is InChI=1S/C14H24INO4/c1-14(2,3)20-13(19)16-11(12(17)18)10(15)9-7-5-4-6-8-9/h9-11H,4-8H2,1-3H3,(H,16,19)(H,17,18)/t10?,11-/m0/s1. The van der Waals surface area contributed by atoms with Crippen molar-refractivity contribution in [2.75, 3.05) is 0 Å². The van der Waals surface area contributed by atoms with E-state index in [9.17, 15) is 14.7 Å². The number of ether oxygens (including phenoxy) is 1. The van der Waals surface area contributed by atoms with Gasteiger partial charge in [0.2, 0.25) is 0 Å². The van der Waals surface area contributed by atoms with Crippen LogP contribution in [0, 0.1) is 5.92 Å². The summed E-state index contributed by atoms with van der Waals surface area (Å²) in [7, 11) is 0. The van der Waals surface area contributed by atoms with Crippen molar-refractivity contribution >= 4 is 34.7 Å². The summed E-state index contributed by atoms with van der Waals surface area (Å²) in [6.07, 6.45) is 4.91. The van der Waals surface area contributed by atoms with Crippen molar-refractivity contribution in [2.45, 2.75) is 68.4 Å². The number of carbonyl (C=O) groups is 2. The van der Waals surface area contributed by atoms with Gasteiger partial charge in [-0.2, -0.15) is 0 Å². The van der Waals surface area contributed by atoms with Crippen molar-refractivity contribution in [3.63, 3.8) is 0 Å². The minimum absolute atomic E-state index is 0.113. The quantitative estimate of drug-likeness (QED) is 0.564. The van der Waals surface area contributed by atoms with Crippen molar-refractivity contribution in [3.05, 3.63) is 0 Å². The van der Waals surface area contributed by atoms with Gasteiger partial charge >= 0.3 is 12.1 Å². The molecule has 2 atom stereocenters. The number of hydrogen-bond acceptors (Lipinski definition) is 3. The molecule has 20 heavy (non-hydrogen) atoms. The third-order valence-electron chi connectivity index (χ3n) is 3.36. The van der Waals surface area contributed by atoms with E-state index in [1.807, 2.05) is 0 Å². The Balaban J connectivity index is 2.63. The predicted octanol–water partition coefficient (Wildman–Crippen LogP) is 3.35. The summed E-state index contributed by atoms with van der Waals surface area (Å²) in [5, 5.41) is 11.8. The van der Waals surface area contributed by atoms with E-state index in [0.29, 0.717) is 5.92 Å². The average Bonchev–Trinajstić information content (AvgIpc) is 2.34. The molecule has 1 unspecified atom stereocenters. The first-order valence-electron chi connectivity index (χ1n) is 7.07. The number of carbonyl (C=O) groups excluding carboxylic acids is 1. The third kappa shape index (κ3) is 5.85. The Hall–Kier alpha value is -0.530. The fourth-order valence-electron chi connectivity index (χ4n) is 2.44. The van der Waals surface area contributed by atoms with Crippen LogP contribution in [0.5, 0.6) is 0 Å². The van der Waals surface area contributed by atoms with Crippen molar-refractivity contribution in [3.8, 4) is 0 Å². The molecule has 0 spiro atoms. The number of carboxylic acids is 1. The van der Waals surface area contributed by atoms with Gasteiger partial charge < -0.3 is 15.2 Å². The molecule has 0 aromatic rings. The molecule has 5 nitrogen and oxygen atoms in total. The van der Waals surface area contributed by atoms with E-state index in [-0.39, 0.29) is 3.92 Å². The van der Waals surface area contributed by atoms with Crippen LogP contribution in [0.4, 0.5) is 4.79 Å². The number of nitrogens with one attached hydrogen (secondary N) is 1. The van der Waals surface area contributed by atoms with Gasteiger partial charge in [-0.25, -0.2) is 9.59 Å². The van der Waals surface area contributed by atoms with E-state index in [0.717, 1.165) is 25.7 Å². The van der Waals surface area contributed by atoms with Gasteiger partial charge in [-0.3, -0.25) is 0 Å². The first-order valence-corrected chi connectivity index (χ1v) is 8.31. The Bertz CT molecular complexity index is 348. The molecule has 0 aromatic heterocycles. The highest BCUT2D eigenvalue weighted by molar-refractivity contribution is 14.1. The summed E-state index contributed by atoms with van der Waals surface area (Å²) in [6, 6.07) is -0.895. The van der Waals surface area contributed by atoms with Gasteiger partial charge in [-0.15, -0.1) is 0 Å². The normalized spacial score (nSPS) is 20.0. The fraction of sp³-hybridized carbons (Fsp3) is 0.857. The van der Waals surface area contributed by atoms with E-state index in [1.165, 1.54) is 6.42 Å². The molecule has 1 rings (SSSR count). The van der Waals surface area contributed by atoms with Crippen molar-refractivity contribution in [1.29, 1.82) is 0 Å². The van der Waals surface area contributed by atoms with Gasteiger partial charge in [-0.05, 0) is 39.5 Å². The number of alkyl halides is 1. The van der Waals surface area contributed by atoms with Crippen LogP contribution in [0.25, 0.3) is 0 Å². The molecule has 0 aliphatic heterocycles. The average molecular weight is 397 g/mol. The lowest BCUT2D eigenvalue weighted by Crippen LogP contribution is -2.50. The predicted molar refractivity (Wildman–Crippen MR) is 85.2 cm³/mol. The first-order chi connectivity index (χ1) is 9.20. The Kier molecular flexibility index (Phi) is 6.54. The van der Waals surface area contributed by atoms with E-state index < -0.39 is 23.7 Å². The van der Waals surface area contributed by atoms with Gasteiger partial charge in [0.25, 0.3) is 0 Å². The highest BCUT2D eigenvalue weighted by atomic mass is 127. The number of alkyl carbamates (subject to hydrolysis) is 1. The maximum atomic E-state index is 11.8. The molecule has 0 heterocycles. The van der Waals surface area contributed by atoms with E-state index in [4.69, 9.17) is 4.74 Å². The molecule has 6 heteroatoms. The SMILES string of the molecule is CC(C)(C)OC(=O)N[C@H](C(=O)O)C(I)C1CCCCC1. The van der Waals surface area contributed by atoms with Gasteiger partial charge in [0.05, 0.1) is 0 Å². The zero-order valence-electron chi connectivity index (χ0n) is 12.3. The zero-order chi connectivity index (χ0) is 15.3. The molecule has 1 aliphatic rings. The Labute approximate surface area is 134 Å². The molecule has 0 radical (unpaired) electrons. The summed E-state index contributed by atoms with van der Waals surface area (Å²) >= 11 is 2.16. The molecular weight excluding hydrogens is 373 g/mol. The lowest BCUT2D eigenvalue weighted by molar-refractivity contribution is -0.139. The molecule has 1 fully saturated rings. The topological polar surface area (TPSA) is 75.6 Å².